The lowest BCUT2D eigenvalue weighted by molar-refractivity contribution is -0.134. The van der Waals surface area contributed by atoms with Crippen LogP contribution in [0.3, 0.4) is 0 Å². The normalized spacial score (nSPS) is 11.9. The fraction of sp³-hybridized carbons (Fsp3) is 0.192. The van der Waals surface area contributed by atoms with E-state index < -0.39 is 12.6 Å². The van der Waals surface area contributed by atoms with Crippen LogP contribution >= 0.6 is 11.3 Å². The average Bonchev–Trinajstić information content (AvgIpc) is 3.24. The van der Waals surface area contributed by atoms with Gasteiger partial charge in [-0.15, -0.1) is 11.3 Å². The third-order valence-electron chi connectivity index (χ3n) is 5.10. The van der Waals surface area contributed by atoms with Gasteiger partial charge in [-0.1, -0.05) is 48.6 Å². The third kappa shape index (κ3) is 6.35. The van der Waals surface area contributed by atoms with E-state index in [0.29, 0.717) is 6.54 Å². The van der Waals surface area contributed by atoms with Gasteiger partial charge in [0.15, 0.2) is 0 Å². The number of aromatic nitrogens is 1. The summed E-state index contributed by atoms with van der Waals surface area (Å²) < 4.78 is 43.0. The quantitative estimate of drug-likeness (QED) is 0.211. The number of hydrogen-bond donors (Lipinski definition) is 1. The number of rotatable bonds is 8. The minimum absolute atomic E-state index is 0.0619. The zero-order chi connectivity index (χ0) is 23.3. The number of fused-ring (bicyclic) bond motifs is 1. The SMILES string of the molecule is COc1ccc2nc(-c3ccc(/C=C/c4ccc(NCCCC(F)(F)F)cc4)cc3)sc2c1. The fourth-order valence-electron chi connectivity index (χ4n) is 3.32. The zero-order valence-electron chi connectivity index (χ0n) is 18.0. The van der Waals surface area contributed by atoms with Crippen molar-refractivity contribution in [3.8, 4) is 16.3 Å². The van der Waals surface area contributed by atoms with E-state index in [-0.39, 0.29) is 6.42 Å². The summed E-state index contributed by atoms with van der Waals surface area (Å²) in [5, 5.41) is 3.98. The first-order valence-corrected chi connectivity index (χ1v) is 11.3. The Morgan fingerprint density at radius 3 is 2.24 bits per heavy atom. The largest absolute Gasteiger partial charge is 0.497 e. The molecule has 0 bridgehead atoms. The highest BCUT2D eigenvalue weighted by molar-refractivity contribution is 7.21. The standard InChI is InChI=1S/C26H23F3N2OS/c1-32-22-13-14-23-24(17-22)33-25(31-23)20-9-5-18(6-10-20)3-4-19-7-11-21(12-8-19)30-16-2-15-26(27,28)29/h3-14,17,30H,2,15-16H2,1H3/b4-3+. The molecule has 1 aromatic heterocycles. The van der Waals surface area contributed by atoms with Crippen LogP contribution in [0.1, 0.15) is 24.0 Å². The van der Waals surface area contributed by atoms with E-state index in [4.69, 9.17) is 9.72 Å². The Morgan fingerprint density at radius 1 is 0.939 bits per heavy atom. The Hall–Kier alpha value is -3.32. The summed E-state index contributed by atoms with van der Waals surface area (Å²) in [5.41, 5.74) is 4.91. The summed E-state index contributed by atoms with van der Waals surface area (Å²) in [6.07, 6.45) is -0.776. The molecule has 1 heterocycles. The van der Waals surface area contributed by atoms with Crippen molar-refractivity contribution in [3.63, 3.8) is 0 Å². The molecule has 0 spiro atoms. The first-order valence-electron chi connectivity index (χ1n) is 10.5. The van der Waals surface area contributed by atoms with E-state index in [0.717, 1.165) is 43.4 Å². The predicted octanol–water partition coefficient (Wildman–Crippen LogP) is 7.90. The van der Waals surface area contributed by atoms with Gasteiger partial charge in [0.2, 0.25) is 0 Å². The van der Waals surface area contributed by atoms with Crippen molar-refractivity contribution >= 4 is 39.4 Å². The van der Waals surface area contributed by atoms with Crippen molar-refractivity contribution in [3.05, 3.63) is 77.9 Å². The van der Waals surface area contributed by atoms with Crippen molar-refractivity contribution in [2.75, 3.05) is 19.0 Å². The highest BCUT2D eigenvalue weighted by Gasteiger charge is 2.25. The van der Waals surface area contributed by atoms with Gasteiger partial charge in [-0.25, -0.2) is 4.98 Å². The third-order valence-corrected chi connectivity index (χ3v) is 6.17. The number of benzene rings is 3. The van der Waals surface area contributed by atoms with Crippen LogP contribution in [-0.2, 0) is 0 Å². The molecule has 0 fully saturated rings. The first-order chi connectivity index (χ1) is 15.9. The molecule has 4 aromatic rings. The number of halogens is 3. The maximum Gasteiger partial charge on any atom is 0.389 e. The summed E-state index contributed by atoms with van der Waals surface area (Å²) in [6.45, 7) is 0.295. The number of alkyl halides is 3. The second-order valence-corrected chi connectivity index (χ2v) is 8.61. The molecule has 33 heavy (non-hydrogen) atoms. The van der Waals surface area contributed by atoms with Crippen LogP contribution < -0.4 is 10.1 Å². The lowest BCUT2D eigenvalue weighted by Crippen LogP contribution is -2.10. The molecule has 0 aliphatic heterocycles. The molecule has 0 atom stereocenters. The molecule has 4 rings (SSSR count). The average molecular weight is 469 g/mol. The molecule has 0 aliphatic carbocycles. The molecule has 0 saturated carbocycles. The summed E-state index contributed by atoms with van der Waals surface area (Å²) in [6, 6.07) is 21.7. The first kappa shape index (κ1) is 22.9. The number of thiazole rings is 1. The van der Waals surface area contributed by atoms with E-state index in [2.05, 4.69) is 29.6 Å². The zero-order valence-corrected chi connectivity index (χ0v) is 18.8. The van der Waals surface area contributed by atoms with Crippen LogP contribution in [-0.4, -0.2) is 24.8 Å². The van der Waals surface area contributed by atoms with Gasteiger partial charge in [0.1, 0.15) is 10.8 Å². The van der Waals surface area contributed by atoms with E-state index >= 15 is 0 Å². The lowest BCUT2D eigenvalue weighted by atomic mass is 10.1. The topological polar surface area (TPSA) is 34.1 Å². The van der Waals surface area contributed by atoms with Gasteiger partial charge < -0.3 is 10.1 Å². The van der Waals surface area contributed by atoms with Gasteiger partial charge >= 0.3 is 6.18 Å². The summed E-state index contributed by atoms with van der Waals surface area (Å²) in [4.78, 5) is 4.71. The monoisotopic (exact) mass is 468 g/mol. The van der Waals surface area contributed by atoms with Crippen LogP contribution in [0.25, 0.3) is 32.9 Å². The number of hydrogen-bond acceptors (Lipinski definition) is 4. The molecular weight excluding hydrogens is 445 g/mol. The van der Waals surface area contributed by atoms with Crippen molar-refractivity contribution in [2.24, 2.45) is 0 Å². The Kier molecular flexibility index (Phi) is 6.99. The Labute approximate surface area is 194 Å². The maximum absolute atomic E-state index is 12.2. The fourth-order valence-corrected chi connectivity index (χ4v) is 4.32. The summed E-state index contributed by atoms with van der Waals surface area (Å²) in [7, 11) is 1.66. The minimum Gasteiger partial charge on any atom is -0.497 e. The highest BCUT2D eigenvalue weighted by Crippen LogP contribution is 2.32. The Morgan fingerprint density at radius 2 is 1.61 bits per heavy atom. The van der Waals surface area contributed by atoms with Gasteiger partial charge in [-0.2, -0.15) is 13.2 Å². The number of nitrogens with one attached hydrogen (secondary N) is 1. The number of anilines is 1. The summed E-state index contributed by atoms with van der Waals surface area (Å²) >= 11 is 1.63. The van der Waals surface area contributed by atoms with Gasteiger partial charge in [-0.05, 0) is 47.9 Å². The number of ether oxygens (including phenoxy) is 1. The van der Waals surface area contributed by atoms with E-state index in [9.17, 15) is 13.2 Å². The van der Waals surface area contributed by atoms with Crippen LogP contribution in [0.5, 0.6) is 5.75 Å². The van der Waals surface area contributed by atoms with Gasteiger partial charge in [0.05, 0.1) is 17.3 Å². The Bertz CT molecular complexity index is 1230. The molecule has 3 nitrogen and oxygen atoms in total. The van der Waals surface area contributed by atoms with Crippen molar-refractivity contribution < 1.29 is 17.9 Å². The lowest BCUT2D eigenvalue weighted by Gasteiger charge is -2.08. The van der Waals surface area contributed by atoms with E-state index in [1.807, 2.05) is 54.6 Å². The molecule has 0 saturated heterocycles. The van der Waals surface area contributed by atoms with Gasteiger partial charge in [0, 0.05) is 24.2 Å². The highest BCUT2D eigenvalue weighted by atomic mass is 32.1. The van der Waals surface area contributed by atoms with Gasteiger partial charge in [0.25, 0.3) is 0 Å². The number of methoxy groups -OCH3 is 1. The van der Waals surface area contributed by atoms with Crippen molar-refractivity contribution in [1.29, 1.82) is 0 Å². The molecule has 0 unspecified atom stereocenters. The van der Waals surface area contributed by atoms with Gasteiger partial charge in [-0.3, -0.25) is 0 Å². The number of nitrogens with zero attached hydrogens (tertiary/aromatic N) is 1. The second kappa shape index (κ2) is 10.1. The summed E-state index contributed by atoms with van der Waals surface area (Å²) in [5.74, 6) is 0.823. The smallest absolute Gasteiger partial charge is 0.389 e. The molecule has 0 radical (unpaired) electrons. The van der Waals surface area contributed by atoms with Crippen LogP contribution in [0.15, 0.2) is 66.7 Å². The van der Waals surface area contributed by atoms with Crippen LogP contribution in [0.2, 0.25) is 0 Å². The minimum atomic E-state index is -4.10. The van der Waals surface area contributed by atoms with E-state index in [1.54, 1.807) is 18.4 Å². The molecule has 1 N–H and O–H groups in total. The molecule has 7 heteroatoms. The predicted molar refractivity (Wildman–Crippen MR) is 131 cm³/mol. The molecule has 170 valence electrons. The second-order valence-electron chi connectivity index (χ2n) is 7.58. The maximum atomic E-state index is 12.2. The molecule has 0 amide bonds. The molecular formula is C26H23F3N2OS. The molecule has 0 aliphatic rings. The molecule has 3 aromatic carbocycles. The van der Waals surface area contributed by atoms with Crippen LogP contribution in [0.4, 0.5) is 18.9 Å². The van der Waals surface area contributed by atoms with Crippen molar-refractivity contribution in [2.45, 2.75) is 19.0 Å². The van der Waals surface area contributed by atoms with E-state index in [1.165, 1.54) is 0 Å². The van der Waals surface area contributed by atoms with Crippen LogP contribution in [0, 0.1) is 0 Å². The van der Waals surface area contributed by atoms with Crippen molar-refractivity contribution in [1.82, 2.24) is 4.98 Å². The Balaban J connectivity index is 1.35.